The van der Waals surface area contributed by atoms with Crippen LogP contribution < -0.4 is 14.8 Å². The summed E-state index contributed by atoms with van der Waals surface area (Å²) in [5.74, 6) is 0.903. The lowest BCUT2D eigenvalue weighted by Gasteiger charge is -2.22. The number of nitrogens with zero attached hydrogens (tertiary/aromatic N) is 1. The number of hydrogen-bond acceptors (Lipinski definition) is 6. The molecule has 2 heterocycles. The van der Waals surface area contributed by atoms with Crippen LogP contribution in [-0.2, 0) is 14.3 Å². The summed E-state index contributed by atoms with van der Waals surface area (Å²) < 4.78 is 16.5. The summed E-state index contributed by atoms with van der Waals surface area (Å²) in [6, 6.07) is 5.44. The molecule has 1 atom stereocenters. The topological polar surface area (TPSA) is 77.1 Å². The molecular formula is C25H40N2O5. The molecule has 1 aromatic rings. The molecule has 0 aromatic heterocycles. The first-order valence-corrected chi connectivity index (χ1v) is 12.0. The molecule has 0 saturated carbocycles. The van der Waals surface area contributed by atoms with Gasteiger partial charge in [-0.25, -0.2) is 0 Å². The van der Waals surface area contributed by atoms with Crippen LogP contribution in [0.25, 0.3) is 0 Å². The molecule has 0 spiro atoms. The predicted octanol–water partition coefficient (Wildman–Crippen LogP) is 4.25. The second kappa shape index (κ2) is 14.7. The Hall–Kier alpha value is -2.28. The average molecular weight is 449 g/mol. The van der Waals surface area contributed by atoms with E-state index in [1.165, 1.54) is 45.7 Å². The first-order valence-electron chi connectivity index (χ1n) is 12.0. The molecule has 1 aromatic carbocycles. The fourth-order valence-electron chi connectivity index (χ4n) is 3.75. The number of esters is 1. The van der Waals surface area contributed by atoms with Crippen molar-refractivity contribution in [2.24, 2.45) is 0 Å². The molecule has 1 saturated heterocycles. The summed E-state index contributed by atoms with van der Waals surface area (Å²) in [6.45, 7) is 7.42. The van der Waals surface area contributed by atoms with Gasteiger partial charge >= 0.3 is 5.97 Å². The van der Waals surface area contributed by atoms with Crippen LogP contribution >= 0.6 is 0 Å². The van der Waals surface area contributed by atoms with Gasteiger partial charge in [0, 0.05) is 13.3 Å². The lowest BCUT2D eigenvalue weighted by Crippen LogP contribution is -2.30. The Morgan fingerprint density at radius 2 is 1.75 bits per heavy atom. The molecule has 2 aliphatic rings. The van der Waals surface area contributed by atoms with Gasteiger partial charge in [0.1, 0.15) is 19.3 Å². The monoisotopic (exact) mass is 448 g/mol. The van der Waals surface area contributed by atoms with Crippen LogP contribution in [0.2, 0.25) is 0 Å². The molecule has 2 aliphatic heterocycles. The maximum Gasteiger partial charge on any atom is 0.303 e. The number of carbonyl (C=O) groups excluding carboxylic acids is 2. The van der Waals surface area contributed by atoms with Gasteiger partial charge in [-0.2, -0.15) is 0 Å². The van der Waals surface area contributed by atoms with E-state index in [1.807, 2.05) is 6.07 Å². The normalized spacial score (nSPS) is 16.0. The van der Waals surface area contributed by atoms with Crippen LogP contribution in [0.3, 0.4) is 0 Å². The van der Waals surface area contributed by atoms with E-state index in [1.54, 1.807) is 12.1 Å². The van der Waals surface area contributed by atoms with Gasteiger partial charge in [0.15, 0.2) is 11.5 Å². The minimum Gasteiger partial charge on any atom is -0.486 e. The highest BCUT2D eigenvalue weighted by atomic mass is 16.6. The van der Waals surface area contributed by atoms with E-state index in [-0.39, 0.29) is 12.5 Å². The van der Waals surface area contributed by atoms with Crippen LogP contribution in [0.15, 0.2) is 18.2 Å². The van der Waals surface area contributed by atoms with Gasteiger partial charge in [0.05, 0.1) is 6.54 Å². The van der Waals surface area contributed by atoms with Crippen LogP contribution in [0.5, 0.6) is 11.5 Å². The lowest BCUT2D eigenvalue weighted by molar-refractivity contribution is -0.147. The fraction of sp³-hybridized carbons (Fsp3) is 0.680. The number of amides is 1. The number of unbranched alkanes of at least 4 members (excludes halogenated alkanes) is 4. The summed E-state index contributed by atoms with van der Waals surface area (Å²) in [5.41, 5.74) is 0.771. The highest BCUT2D eigenvalue weighted by Gasteiger charge is 2.20. The van der Waals surface area contributed by atoms with E-state index in [2.05, 4.69) is 24.2 Å². The Labute approximate surface area is 192 Å². The molecule has 0 bridgehead atoms. The highest BCUT2D eigenvalue weighted by molar-refractivity contribution is 5.76. The second-order valence-corrected chi connectivity index (χ2v) is 8.48. The summed E-state index contributed by atoms with van der Waals surface area (Å²) in [6.07, 6.45) is 8.28. The number of fused-ring (bicyclic) bond motifs is 1. The molecule has 3 rings (SSSR count). The van der Waals surface area contributed by atoms with Crippen LogP contribution in [-0.4, -0.2) is 56.7 Å². The van der Waals surface area contributed by atoms with Gasteiger partial charge < -0.3 is 24.4 Å². The SMILES string of the molecule is CCCCCCCC(=O)NCC(OC(C)=O)c1ccc2c(c1)OCCO2.CN1CCCC1. The van der Waals surface area contributed by atoms with Gasteiger partial charge in [-0.05, 0) is 57.1 Å². The molecule has 180 valence electrons. The molecule has 7 nitrogen and oxygen atoms in total. The Morgan fingerprint density at radius 3 is 2.38 bits per heavy atom. The summed E-state index contributed by atoms with van der Waals surface area (Å²) in [4.78, 5) is 25.8. The maximum atomic E-state index is 12.0. The zero-order chi connectivity index (χ0) is 23.2. The zero-order valence-electron chi connectivity index (χ0n) is 20.0. The fourth-order valence-corrected chi connectivity index (χ4v) is 3.75. The first kappa shape index (κ1) is 26.0. The molecule has 0 radical (unpaired) electrons. The third-order valence-electron chi connectivity index (χ3n) is 5.57. The Morgan fingerprint density at radius 1 is 1.06 bits per heavy atom. The first-order chi connectivity index (χ1) is 15.5. The van der Waals surface area contributed by atoms with E-state index >= 15 is 0 Å². The molecule has 0 aliphatic carbocycles. The van der Waals surface area contributed by atoms with Crippen molar-refractivity contribution < 1.29 is 23.8 Å². The van der Waals surface area contributed by atoms with Crippen molar-refractivity contribution in [3.8, 4) is 11.5 Å². The largest absolute Gasteiger partial charge is 0.486 e. The average Bonchev–Trinajstić information content (AvgIpc) is 3.27. The predicted molar refractivity (Wildman–Crippen MR) is 125 cm³/mol. The van der Waals surface area contributed by atoms with Gasteiger partial charge in [-0.1, -0.05) is 38.7 Å². The molecule has 7 heteroatoms. The summed E-state index contributed by atoms with van der Waals surface area (Å²) in [5, 5.41) is 2.87. The number of carbonyl (C=O) groups is 2. The number of ether oxygens (including phenoxy) is 3. The van der Waals surface area contributed by atoms with Crippen molar-refractivity contribution in [2.45, 2.75) is 71.3 Å². The molecular weight excluding hydrogens is 408 g/mol. The molecule has 1 unspecified atom stereocenters. The smallest absolute Gasteiger partial charge is 0.303 e. The van der Waals surface area contributed by atoms with Gasteiger partial charge in [-0.15, -0.1) is 0 Å². The van der Waals surface area contributed by atoms with E-state index in [4.69, 9.17) is 14.2 Å². The van der Waals surface area contributed by atoms with Gasteiger partial charge in [-0.3, -0.25) is 9.59 Å². The number of nitrogens with one attached hydrogen (secondary N) is 1. The minimum atomic E-state index is -0.549. The summed E-state index contributed by atoms with van der Waals surface area (Å²) in [7, 11) is 2.17. The van der Waals surface area contributed by atoms with Gasteiger partial charge in [0.2, 0.25) is 5.91 Å². The molecule has 1 fully saturated rings. The van der Waals surface area contributed by atoms with E-state index in [0.717, 1.165) is 24.8 Å². The van der Waals surface area contributed by atoms with Crippen LogP contribution in [0.1, 0.15) is 76.9 Å². The van der Waals surface area contributed by atoms with E-state index in [0.29, 0.717) is 31.1 Å². The molecule has 32 heavy (non-hydrogen) atoms. The van der Waals surface area contributed by atoms with Crippen molar-refractivity contribution in [3.63, 3.8) is 0 Å². The maximum absolute atomic E-state index is 12.0. The Balaban J connectivity index is 0.000000520. The standard InChI is InChI=1S/C20H29NO5.C5H11N/c1-3-4-5-6-7-8-20(23)21-14-19(26-15(2)22)16-9-10-17-18(13-16)25-12-11-24-17;1-6-4-2-3-5-6/h9-10,13,19H,3-8,11-12,14H2,1-2H3,(H,21,23);2-5H2,1H3. The highest BCUT2D eigenvalue weighted by Crippen LogP contribution is 2.33. The number of benzene rings is 1. The van der Waals surface area contributed by atoms with Crippen molar-refractivity contribution in [1.29, 1.82) is 0 Å². The van der Waals surface area contributed by atoms with E-state index < -0.39 is 12.1 Å². The van der Waals surface area contributed by atoms with E-state index in [9.17, 15) is 9.59 Å². The third-order valence-corrected chi connectivity index (χ3v) is 5.57. The molecule has 1 N–H and O–H groups in total. The quantitative estimate of drug-likeness (QED) is 0.426. The van der Waals surface area contributed by atoms with Gasteiger partial charge in [0.25, 0.3) is 0 Å². The third kappa shape index (κ3) is 9.90. The van der Waals surface area contributed by atoms with Crippen LogP contribution in [0, 0.1) is 0 Å². The summed E-state index contributed by atoms with van der Waals surface area (Å²) >= 11 is 0. The Bertz CT molecular complexity index is 704. The number of likely N-dealkylation sites (tertiary alicyclic amines) is 1. The minimum absolute atomic E-state index is 0.0174. The second-order valence-electron chi connectivity index (χ2n) is 8.48. The van der Waals surface area contributed by atoms with Crippen molar-refractivity contribution in [1.82, 2.24) is 10.2 Å². The molecule has 1 amide bonds. The zero-order valence-corrected chi connectivity index (χ0v) is 20.0. The van der Waals surface area contributed by atoms with Crippen LogP contribution in [0.4, 0.5) is 0 Å². The lowest BCUT2D eigenvalue weighted by atomic mass is 10.1. The number of hydrogen-bond donors (Lipinski definition) is 1. The Kier molecular flexibility index (Phi) is 11.9. The number of rotatable bonds is 10. The van der Waals surface area contributed by atoms with Crippen molar-refractivity contribution >= 4 is 11.9 Å². The van der Waals surface area contributed by atoms with Crippen molar-refractivity contribution in [2.75, 3.05) is 39.9 Å². The van der Waals surface area contributed by atoms with Crippen molar-refractivity contribution in [3.05, 3.63) is 23.8 Å².